The molecule has 3 aromatic carbocycles. The lowest BCUT2D eigenvalue weighted by Crippen LogP contribution is -2.31. The van der Waals surface area contributed by atoms with Crippen molar-refractivity contribution in [3.05, 3.63) is 83.9 Å². The highest BCUT2D eigenvalue weighted by Crippen LogP contribution is 2.37. The van der Waals surface area contributed by atoms with Gasteiger partial charge in [0.05, 0.1) is 24.0 Å². The number of benzene rings is 3. The van der Waals surface area contributed by atoms with E-state index in [4.69, 9.17) is 4.98 Å². The van der Waals surface area contributed by atoms with Gasteiger partial charge in [0.1, 0.15) is 6.04 Å². The molecule has 8 nitrogen and oxygen atoms in total. The summed E-state index contributed by atoms with van der Waals surface area (Å²) in [6, 6.07) is 21.8. The Hall–Kier alpha value is -4.46. The van der Waals surface area contributed by atoms with Crippen LogP contribution in [0.15, 0.2) is 72.8 Å². The molecule has 1 aromatic heterocycles. The van der Waals surface area contributed by atoms with Crippen molar-refractivity contribution in [2.75, 3.05) is 15.5 Å². The lowest BCUT2D eigenvalue weighted by atomic mass is 10.1. The Kier molecular flexibility index (Phi) is 5.78. The highest BCUT2D eigenvalue weighted by atomic mass is 16.2. The number of carbonyl (C=O) groups excluding carboxylic acids is 3. The minimum atomic E-state index is -0.694. The normalized spacial score (nSPS) is 14.7. The Bertz CT molecular complexity index is 1440. The second kappa shape index (κ2) is 9.06. The fourth-order valence-corrected chi connectivity index (χ4v) is 4.47. The Morgan fingerprint density at radius 3 is 2.37 bits per heavy atom. The van der Waals surface area contributed by atoms with Crippen molar-refractivity contribution in [2.24, 2.45) is 0 Å². The van der Waals surface area contributed by atoms with Crippen LogP contribution in [0.1, 0.15) is 30.5 Å². The van der Waals surface area contributed by atoms with Gasteiger partial charge in [-0.3, -0.25) is 23.9 Å². The second-order valence-electron chi connectivity index (χ2n) is 8.71. The topological polar surface area (TPSA) is 96.3 Å². The number of aryl methyl sites for hydroxylation is 1. The molecule has 35 heavy (non-hydrogen) atoms. The van der Waals surface area contributed by atoms with E-state index in [0.717, 1.165) is 22.2 Å². The number of rotatable bonds is 6. The van der Waals surface area contributed by atoms with Gasteiger partial charge in [-0.05, 0) is 48.9 Å². The van der Waals surface area contributed by atoms with E-state index in [1.807, 2.05) is 60.0 Å². The third-order valence-electron chi connectivity index (χ3n) is 5.97. The first-order valence-corrected chi connectivity index (χ1v) is 11.4. The van der Waals surface area contributed by atoms with Gasteiger partial charge in [-0.25, -0.2) is 4.98 Å². The second-order valence-corrected chi connectivity index (χ2v) is 8.71. The van der Waals surface area contributed by atoms with Crippen LogP contribution in [0.2, 0.25) is 0 Å². The standard InChI is InChI=1S/C27H25N5O3/c1-17-6-5-7-19(14-17)16-31-26(35)24(32-23-9-4-3-8-22(23)30-27(31)32)15-25(34)29-21-12-10-20(11-13-21)28-18(2)33/h3-14,24H,15-16H2,1-2H3,(H,28,33)(H,29,34)/t24-/m0/s1. The Labute approximate surface area is 202 Å². The number of hydrogen-bond donors (Lipinski definition) is 2. The van der Waals surface area contributed by atoms with Crippen molar-refractivity contribution in [3.8, 4) is 0 Å². The van der Waals surface area contributed by atoms with Crippen LogP contribution in [0.5, 0.6) is 0 Å². The lowest BCUT2D eigenvalue weighted by Gasteiger charge is -2.16. The fourth-order valence-electron chi connectivity index (χ4n) is 4.47. The molecule has 8 heteroatoms. The highest BCUT2D eigenvalue weighted by molar-refractivity contribution is 6.05. The van der Waals surface area contributed by atoms with E-state index in [0.29, 0.717) is 23.9 Å². The zero-order valence-corrected chi connectivity index (χ0v) is 19.5. The molecule has 5 rings (SSSR count). The summed E-state index contributed by atoms with van der Waals surface area (Å²) in [5.41, 5.74) is 4.94. The van der Waals surface area contributed by atoms with Crippen LogP contribution in [-0.4, -0.2) is 27.3 Å². The van der Waals surface area contributed by atoms with Crippen molar-refractivity contribution >= 4 is 46.1 Å². The van der Waals surface area contributed by atoms with Crippen LogP contribution in [0.25, 0.3) is 11.0 Å². The molecule has 2 N–H and O–H groups in total. The van der Waals surface area contributed by atoms with E-state index in [1.165, 1.54) is 6.92 Å². The number of fused-ring (bicyclic) bond motifs is 3. The van der Waals surface area contributed by atoms with Gasteiger partial charge < -0.3 is 10.6 Å². The third kappa shape index (κ3) is 4.50. The van der Waals surface area contributed by atoms with Crippen LogP contribution in [0.3, 0.4) is 0 Å². The maximum atomic E-state index is 13.5. The summed E-state index contributed by atoms with van der Waals surface area (Å²) in [5, 5.41) is 5.55. The molecule has 0 aliphatic carbocycles. The first kappa shape index (κ1) is 22.3. The van der Waals surface area contributed by atoms with Gasteiger partial charge in [0.2, 0.25) is 17.8 Å². The summed E-state index contributed by atoms with van der Waals surface area (Å²) >= 11 is 0. The zero-order valence-electron chi connectivity index (χ0n) is 19.5. The van der Waals surface area contributed by atoms with E-state index in [-0.39, 0.29) is 24.1 Å². The van der Waals surface area contributed by atoms with Crippen LogP contribution < -0.4 is 15.5 Å². The molecule has 0 spiro atoms. The number of nitrogens with zero attached hydrogens (tertiary/aromatic N) is 3. The third-order valence-corrected chi connectivity index (χ3v) is 5.97. The molecular formula is C27H25N5O3. The minimum Gasteiger partial charge on any atom is -0.326 e. The summed E-state index contributed by atoms with van der Waals surface area (Å²) in [6.45, 7) is 3.83. The van der Waals surface area contributed by atoms with Gasteiger partial charge in [0.25, 0.3) is 5.91 Å². The Morgan fingerprint density at radius 2 is 1.66 bits per heavy atom. The Morgan fingerprint density at radius 1 is 0.943 bits per heavy atom. The molecule has 0 fully saturated rings. The Balaban J connectivity index is 1.40. The van der Waals surface area contributed by atoms with Crippen LogP contribution in [-0.2, 0) is 20.9 Å². The molecular weight excluding hydrogens is 442 g/mol. The average Bonchev–Trinajstić information content (AvgIpc) is 3.31. The molecule has 1 aliphatic rings. The first-order chi connectivity index (χ1) is 16.9. The molecule has 1 aliphatic heterocycles. The van der Waals surface area contributed by atoms with Gasteiger partial charge in [-0.2, -0.15) is 0 Å². The number of aromatic nitrogens is 2. The van der Waals surface area contributed by atoms with Gasteiger partial charge in [-0.1, -0.05) is 42.0 Å². The van der Waals surface area contributed by atoms with Gasteiger partial charge in [0, 0.05) is 18.3 Å². The highest BCUT2D eigenvalue weighted by Gasteiger charge is 2.40. The van der Waals surface area contributed by atoms with Crippen LogP contribution >= 0.6 is 0 Å². The van der Waals surface area contributed by atoms with Crippen molar-refractivity contribution in [2.45, 2.75) is 32.9 Å². The maximum Gasteiger partial charge on any atom is 0.253 e. The van der Waals surface area contributed by atoms with Crippen molar-refractivity contribution in [1.29, 1.82) is 0 Å². The number of amides is 3. The van der Waals surface area contributed by atoms with Crippen molar-refractivity contribution in [1.82, 2.24) is 9.55 Å². The molecule has 4 aromatic rings. The predicted octanol–water partition coefficient (Wildman–Crippen LogP) is 4.42. The summed E-state index contributed by atoms with van der Waals surface area (Å²) < 4.78 is 1.87. The molecule has 0 radical (unpaired) electrons. The van der Waals surface area contributed by atoms with Gasteiger partial charge in [0.15, 0.2) is 0 Å². The lowest BCUT2D eigenvalue weighted by molar-refractivity contribution is -0.124. The SMILES string of the molecule is CC(=O)Nc1ccc(NC(=O)C[C@H]2C(=O)N(Cc3cccc(C)c3)c3nc4ccccc4n32)cc1. The van der Waals surface area contributed by atoms with Gasteiger partial charge >= 0.3 is 0 Å². The van der Waals surface area contributed by atoms with Crippen molar-refractivity contribution < 1.29 is 14.4 Å². The number of nitrogens with one attached hydrogen (secondary N) is 2. The first-order valence-electron chi connectivity index (χ1n) is 11.4. The van der Waals surface area contributed by atoms with Crippen LogP contribution in [0, 0.1) is 6.92 Å². The summed E-state index contributed by atoms with van der Waals surface area (Å²) in [7, 11) is 0. The molecule has 2 heterocycles. The predicted molar refractivity (Wildman–Crippen MR) is 135 cm³/mol. The van der Waals surface area contributed by atoms with Crippen LogP contribution in [0.4, 0.5) is 17.3 Å². The average molecular weight is 468 g/mol. The number of para-hydroxylation sites is 2. The number of anilines is 3. The molecule has 0 bridgehead atoms. The van der Waals surface area contributed by atoms with Gasteiger partial charge in [-0.15, -0.1) is 0 Å². The molecule has 0 saturated carbocycles. The molecule has 3 amide bonds. The fraction of sp³-hybridized carbons (Fsp3) is 0.185. The quantitative estimate of drug-likeness (QED) is 0.439. The zero-order chi connectivity index (χ0) is 24.5. The summed E-state index contributed by atoms with van der Waals surface area (Å²) in [4.78, 5) is 44.1. The van der Waals surface area contributed by atoms with E-state index in [1.54, 1.807) is 29.2 Å². The molecule has 0 saturated heterocycles. The largest absolute Gasteiger partial charge is 0.326 e. The van der Waals surface area contributed by atoms with E-state index in [9.17, 15) is 14.4 Å². The maximum absolute atomic E-state index is 13.5. The van der Waals surface area contributed by atoms with Crippen molar-refractivity contribution in [3.63, 3.8) is 0 Å². The minimum absolute atomic E-state index is 0.0239. The molecule has 0 unspecified atom stereocenters. The smallest absolute Gasteiger partial charge is 0.253 e. The van der Waals surface area contributed by atoms with E-state index >= 15 is 0 Å². The van der Waals surface area contributed by atoms with E-state index < -0.39 is 6.04 Å². The number of carbonyl (C=O) groups is 3. The number of imidazole rings is 1. The summed E-state index contributed by atoms with van der Waals surface area (Å²) in [6.07, 6.45) is -0.0239. The summed E-state index contributed by atoms with van der Waals surface area (Å²) in [5.74, 6) is -0.0528. The molecule has 176 valence electrons. The monoisotopic (exact) mass is 467 g/mol. The molecule has 1 atom stereocenters. The van der Waals surface area contributed by atoms with E-state index in [2.05, 4.69) is 10.6 Å². The number of hydrogen-bond acceptors (Lipinski definition) is 4.